The molecular weight excluding hydrogens is 529 g/mol. The number of amides is 1. The van der Waals surface area contributed by atoms with E-state index in [4.69, 9.17) is 20.0 Å². The van der Waals surface area contributed by atoms with Gasteiger partial charge >= 0.3 is 6.18 Å². The minimum atomic E-state index is -4.33. The van der Waals surface area contributed by atoms with Crippen molar-refractivity contribution in [3.8, 4) is 17.1 Å². The van der Waals surface area contributed by atoms with Gasteiger partial charge in [-0.05, 0) is 80.2 Å². The fourth-order valence-corrected chi connectivity index (χ4v) is 5.07. The minimum Gasteiger partial charge on any atom is -0.508 e. The van der Waals surface area contributed by atoms with Crippen LogP contribution in [0.15, 0.2) is 84.9 Å². The van der Waals surface area contributed by atoms with Gasteiger partial charge in [-0.15, -0.1) is 0 Å². The number of benzene rings is 3. The van der Waals surface area contributed by atoms with E-state index >= 15 is 0 Å². The number of carbonyl (C=O) groups is 1. The van der Waals surface area contributed by atoms with Crippen molar-refractivity contribution in [2.75, 3.05) is 0 Å². The zero-order valence-electron chi connectivity index (χ0n) is 22.8. The molecule has 1 amide bonds. The Balaban J connectivity index is 0.000000232. The van der Waals surface area contributed by atoms with Gasteiger partial charge in [-0.3, -0.25) is 4.79 Å². The number of alkyl halides is 3. The van der Waals surface area contributed by atoms with E-state index in [2.05, 4.69) is 71.1 Å². The lowest BCUT2D eigenvalue weighted by Gasteiger charge is -2.27. The van der Waals surface area contributed by atoms with Crippen LogP contribution >= 0.6 is 0 Å². The van der Waals surface area contributed by atoms with Gasteiger partial charge in [0.2, 0.25) is 6.41 Å². The number of carbonyl (C=O) groups excluding carboxylic acids is 1. The summed E-state index contributed by atoms with van der Waals surface area (Å²) in [5.41, 5.74) is 6.10. The second-order valence-corrected chi connectivity index (χ2v) is 10.4. The van der Waals surface area contributed by atoms with Gasteiger partial charge in [-0.2, -0.15) is 18.3 Å². The summed E-state index contributed by atoms with van der Waals surface area (Å²) in [5.74, 6) is 3.97. The average Bonchev–Trinajstić information content (AvgIpc) is 3.70. The molecule has 3 N–H and O–H groups in total. The Labute approximate surface area is 238 Å². The van der Waals surface area contributed by atoms with Gasteiger partial charge in [0.25, 0.3) is 0 Å². The quantitative estimate of drug-likeness (QED) is 0.249. The maximum Gasteiger partial charge on any atom is 0.416 e. The van der Waals surface area contributed by atoms with Gasteiger partial charge in [0, 0.05) is 18.0 Å². The lowest BCUT2D eigenvalue weighted by molar-refractivity contribution is -0.137. The summed E-state index contributed by atoms with van der Waals surface area (Å²) in [6, 6.07) is 25.2. The third-order valence-electron chi connectivity index (χ3n) is 7.41. The number of primary amides is 1. The molecule has 2 fully saturated rings. The normalized spacial score (nSPS) is 18.3. The summed E-state index contributed by atoms with van der Waals surface area (Å²) in [6.45, 7) is 1.02. The first-order valence-electron chi connectivity index (χ1n) is 13.8. The molecular formula is C32H35F3N4O2. The van der Waals surface area contributed by atoms with Crippen LogP contribution < -0.4 is 5.73 Å². The molecule has 2 aliphatic carbocycles. The van der Waals surface area contributed by atoms with Crippen molar-refractivity contribution in [3.05, 3.63) is 102 Å². The molecule has 3 aromatic carbocycles. The first kappa shape index (κ1) is 29.8. The maximum atomic E-state index is 11.8. The Kier molecular flexibility index (Phi) is 10.2. The number of hydrogen-bond acceptors (Lipinski definition) is 4. The van der Waals surface area contributed by atoms with Crippen LogP contribution in [0.4, 0.5) is 13.2 Å². The highest BCUT2D eigenvalue weighted by atomic mass is 19.4. The second kappa shape index (κ2) is 14.0. The van der Waals surface area contributed by atoms with Crippen molar-refractivity contribution in [3.63, 3.8) is 0 Å². The minimum absolute atomic E-state index is 0.169. The van der Waals surface area contributed by atoms with E-state index in [1.165, 1.54) is 49.7 Å². The lowest BCUT2D eigenvalue weighted by atomic mass is 9.78. The number of nitrogens with two attached hydrogens (primary N) is 1. The molecule has 9 heteroatoms. The summed E-state index contributed by atoms with van der Waals surface area (Å²) in [4.78, 5) is 13.6. The molecule has 4 aromatic rings. The van der Waals surface area contributed by atoms with E-state index in [9.17, 15) is 13.2 Å². The molecule has 1 heterocycles. The highest BCUT2D eigenvalue weighted by Gasteiger charge is 2.30. The molecule has 2 aliphatic rings. The number of phenolic OH excluding ortho intramolecular Hbond substituents is 1. The maximum absolute atomic E-state index is 11.8. The van der Waals surface area contributed by atoms with Crippen LogP contribution in [0.1, 0.15) is 67.3 Å². The van der Waals surface area contributed by atoms with Crippen LogP contribution in [0.25, 0.3) is 11.4 Å². The van der Waals surface area contributed by atoms with E-state index < -0.39 is 11.7 Å². The predicted octanol–water partition coefficient (Wildman–Crippen LogP) is 7.31. The van der Waals surface area contributed by atoms with Crippen LogP contribution in [-0.2, 0) is 17.5 Å². The number of aromatic hydroxyl groups is 1. The Morgan fingerprint density at radius 3 is 1.90 bits per heavy atom. The molecule has 0 atom stereocenters. The molecule has 216 valence electrons. The van der Waals surface area contributed by atoms with Crippen molar-refractivity contribution < 1.29 is 23.1 Å². The van der Waals surface area contributed by atoms with E-state index in [-0.39, 0.29) is 12.2 Å². The number of hydrogen-bond donors (Lipinski definition) is 2. The number of nitrogens with zero attached hydrogens (tertiary/aromatic N) is 3. The van der Waals surface area contributed by atoms with Crippen LogP contribution in [0.5, 0.6) is 5.75 Å². The predicted molar refractivity (Wildman–Crippen MR) is 152 cm³/mol. The first-order chi connectivity index (χ1) is 19.8. The summed E-state index contributed by atoms with van der Waals surface area (Å²) < 4.78 is 37.7. The molecule has 41 heavy (non-hydrogen) atoms. The molecule has 0 aliphatic heterocycles. The van der Waals surface area contributed by atoms with E-state index in [0.717, 1.165) is 48.4 Å². The number of phenols is 1. The molecule has 0 spiro atoms. The monoisotopic (exact) mass is 564 g/mol. The van der Waals surface area contributed by atoms with E-state index in [0.29, 0.717) is 11.8 Å². The third-order valence-corrected chi connectivity index (χ3v) is 7.41. The van der Waals surface area contributed by atoms with E-state index in [1.807, 2.05) is 0 Å². The smallest absolute Gasteiger partial charge is 0.416 e. The SMILES string of the molecule is NC=O.Oc1ccc(C(F)(F)F)cc1.c1ccc(-c2nc(C3CCC(c4ccccc4)CC3)nn2CC2CC2)cc1. The summed E-state index contributed by atoms with van der Waals surface area (Å²) in [7, 11) is 0. The van der Waals surface area contributed by atoms with Gasteiger partial charge in [0.1, 0.15) is 5.75 Å². The summed E-state index contributed by atoms with van der Waals surface area (Å²) >= 11 is 0. The van der Waals surface area contributed by atoms with E-state index in [1.54, 1.807) is 0 Å². The van der Waals surface area contributed by atoms with Gasteiger partial charge in [-0.25, -0.2) is 9.67 Å². The fourth-order valence-electron chi connectivity index (χ4n) is 5.07. The molecule has 0 radical (unpaired) electrons. The molecule has 0 unspecified atom stereocenters. The van der Waals surface area contributed by atoms with Crippen molar-refractivity contribution >= 4 is 6.41 Å². The highest BCUT2D eigenvalue weighted by molar-refractivity contribution is 5.55. The van der Waals surface area contributed by atoms with Crippen molar-refractivity contribution in [1.29, 1.82) is 0 Å². The number of halogens is 3. The van der Waals surface area contributed by atoms with Crippen LogP contribution in [0, 0.1) is 5.92 Å². The van der Waals surface area contributed by atoms with Crippen molar-refractivity contribution in [1.82, 2.24) is 14.8 Å². The van der Waals surface area contributed by atoms with Gasteiger partial charge in [0.15, 0.2) is 11.6 Å². The van der Waals surface area contributed by atoms with Gasteiger partial charge in [0.05, 0.1) is 5.56 Å². The molecule has 1 aromatic heterocycles. The van der Waals surface area contributed by atoms with Crippen molar-refractivity contribution in [2.45, 2.75) is 63.1 Å². The zero-order chi connectivity index (χ0) is 29.2. The van der Waals surface area contributed by atoms with Crippen molar-refractivity contribution in [2.24, 2.45) is 11.7 Å². The van der Waals surface area contributed by atoms with Gasteiger partial charge < -0.3 is 10.8 Å². The molecule has 0 bridgehead atoms. The Morgan fingerprint density at radius 1 is 0.829 bits per heavy atom. The Bertz CT molecular complexity index is 1350. The second-order valence-electron chi connectivity index (χ2n) is 10.4. The van der Waals surface area contributed by atoms with Crippen LogP contribution in [0.3, 0.4) is 0 Å². The van der Waals surface area contributed by atoms with Gasteiger partial charge in [-0.1, -0.05) is 60.7 Å². The van der Waals surface area contributed by atoms with Crippen LogP contribution in [0.2, 0.25) is 0 Å². The largest absolute Gasteiger partial charge is 0.508 e. The average molecular weight is 565 g/mol. The molecule has 6 nitrogen and oxygen atoms in total. The Hall–Kier alpha value is -4.14. The number of rotatable bonds is 5. The first-order valence-corrected chi connectivity index (χ1v) is 13.8. The standard InChI is InChI=1S/C24H27N3.C7H5F3O.CH3NO/c1-3-7-19(8-4-1)20-13-15-21(16-14-20)23-25-24(22-9-5-2-6-10-22)27(26-23)17-18-11-12-18;8-7(9,10)5-1-3-6(11)4-2-5;2-1-3/h1-10,18,20-21H,11-17H2;1-4,11H;1H,(H2,2,3). The summed E-state index contributed by atoms with van der Waals surface area (Å²) in [5, 5.41) is 13.6. The molecule has 6 rings (SSSR count). The highest BCUT2D eigenvalue weighted by Crippen LogP contribution is 2.40. The summed E-state index contributed by atoms with van der Waals surface area (Å²) in [6.07, 6.45) is 3.48. The fraction of sp³-hybridized carbons (Fsp3) is 0.344. The molecule has 0 saturated heterocycles. The lowest BCUT2D eigenvalue weighted by Crippen LogP contribution is -2.13. The van der Waals surface area contributed by atoms with Crippen LogP contribution in [-0.4, -0.2) is 26.3 Å². The number of aromatic nitrogens is 3. The third kappa shape index (κ3) is 8.67. The molecule has 2 saturated carbocycles. The topological polar surface area (TPSA) is 94.0 Å². The Morgan fingerprint density at radius 2 is 1.37 bits per heavy atom. The zero-order valence-corrected chi connectivity index (χ0v) is 22.8.